The molecule has 0 radical (unpaired) electrons. The van der Waals surface area contributed by atoms with Gasteiger partial charge < -0.3 is 5.11 Å². The maximum Gasteiger partial charge on any atom is 0.331 e. The van der Waals surface area contributed by atoms with E-state index in [0.29, 0.717) is 0 Å². The number of hydrogen-bond acceptors (Lipinski definition) is 1. The average Bonchev–Trinajstić information content (AvgIpc) is 2.16. The summed E-state index contributed by atoms with van der Waals surface area (Å²) < 4.78 is 0. The zero-order chi connectivity index (χ0) is 10.7. The molecule has 0 aliphatic carbocycles. The van der Waals surface area contributed by atoms with E-state index in [2.05, 4.69) is 6.58 Å². The van der Waals surface area contributed by atoms with Crippen molar-refractivity contribution in [2.45, 2.75) is 19.8 Å². The van der Waals surface area contributed by atoms with E-state index in [1.165, 1.54) is 5.56 Å². The largest absolute Gasteiger partial charge is 0.478 e. The van der Waals surface area contributed by atoms with Crippen LogP contribution in [-0.2, 0) is 4.79 Å². The van der Waals surface area contributed by atoms with Gasteiger partial charge in [-0.25, -0.2) is 4.79 Å². The van der Waals surface area contributed by atoms with Gasteiger partial charge in [0, 0.05) is 11.5 Å². The van der Waals surface area contributed by atoms with Gasteiger partial charge in [0.1, 0.15) is 0 Å². The van der Waals surface area contributed by atoms with E-state index in [9.17, 15) is 4.79 Å². The molecule has 1 aromatic carbocycles. The maximum atomic E-state index is 10.7. The number of carboxylic acids is 1. The van der Waals surface area contributed by atoms with Crippen LogP contribution < -0.4 is 0 Å². The molecule has 14 heavy (non-hydrogen) atoms. The molecule has 1 unspecified atom stereocenters. The lowest BCUT2D eigenvalue weighted by Gasteiger charge is -2.11. The molecule has 0 saturated carbocycles. The third-order valence-corrected chi connectivity index (χ3v) is 2.37. The number of aliphatic carboxylic acids is 1. The molecule has 2 heteroatoms. The van der Waals surface area contributed by atoms with Crippen molar-refractivity contribution in [2.24, 2.45) is 0 Å². The minimum absolute atomic E-state index is 0.131. The molecule has 0 heterocycles. The number of rotatable bonds is 3. The Morgan fingerprint density at radius 1 is 1.36 bits per heavy atom. The first-order valence-electron chi connectivity index (χ1n) is 4.51. The molecule has 1 atom stereocenters. The molecule has 1 N–H and O–H groups in total. The normalized spacial score (nSPS) is 12.1. The zero-order valence-corrected chi connectivity index (χ0v) is 8.45. The van der Waals surface area contributed by atoms with Crippen molar-refractivity contribution in [1.29, 1.82) is 0 Å². The van der Waals surface area contributed by atoms with E-state index in [0.717, 1.165) is 5.56 Å². The van der Waals surface area contributed by atoms with Crippen LogP contribution in [-0.4, -0.2) is 11.1 Å². The quantitative estimate of drug-likeness (QED) is 0.744. The highest BCUT2D eigenvalue weighted by atomic mass is 16.4. The smallest absolute Gasteiger partial charge is 0.331 e. The Balaban J connectivity index is 2.89. The van der Waals surface area contributed by atoms with E-state index in [-0.39, 0.29) is 11.5 Å². The van der Waals surface area contributed by atoms with Crippen LogP contribution in [0, 0.1) is 6.92 Å². The fourth-order valence-corrected chi connectivity index (χ4v) is 1.24. The van der Waals surface area contributed by atoms with E-state index in [1.54, 1.807) is 0 Å². The molecule has 0 amide bonds. The summed E-state index contributed by atoms with van der Waals surface area (Å²) in [4.78, 5) is 10.7. The molecule has 0 bridgehead atoms. The Morgan fingerprint density at radius 3 is 2.29 bits per heavy atom. The lowest BCUT2D eigenvalue weighted by molar-refractivity contribution is -0.132. The second-order valence-corrected chi connectivity index (χ2v) is 3.46. The zero-order valence-electron chi connectivity index (χ0n) is 8.45. The molecule has 0 fully saturated rings. The SMILES string of the molecule is C=C(C(=O)O)C(C)c1ccc(C)cc1. The van der Waals surface area contributed by atoms with E-state index in [4.69, 9.17) is 5.11 Å². The second kappa shape index (κ2) is 4.09. The molecular formula is C12H14O2. The van der Waals surface area contributed by atoms with Gasteiger partial charge in [-0.2, -0.15) is 0 Å². The third-order valence-electron chi connectivity index (χ3n) is 2.37. The molecule has 0 saturated heterocycles. The third kappa shape index (κ3) is 2.22. The Bertz CT molecular complexity index is 349. The van der Waals surface area contributed by atoms with Crippen molar-refractivity contribution < 1.29 is 9.90 Å². The molecule has 0 spiro atoms. The Morgan fingerprint density at radius 2 is 1.86 bits per heavy atom. The molecular weight excluding hydrogens is 176 g/mol. The molecule has 0 aliphatic heterocycles. The van der Waals surface area contributed by atoms with Gasteiger partial charge in [0.15, 0.2) is 0 Å². The van der Waals surface area contributed by atoms with Crippen LogP contribution >= 0.6 is 0 Å². The topological polar surface area (TPSA) is 37.3 Å². The molecule has 1 aromatic rings. The Labute approximate surface area is 83.9 Å². The van der Waals surface area contributed by atoms with Crippen LogP contribution in [0.15, 0.2) is 36.4 Å². The maximum absolute atomic E-state index is 10.7. The van der Waals surface area contributed by atoms with Gasteiger partial charge in [-0.1, -0.05) is 43.3 Å². The van der Waals surface area contributed by atoms with Gasteiger partial charge in [0.05, 0.1) is 0 Å². The number of carboxylic acid groups (broad SMARTS) is 1. The number of hydrogen-bond donors (Lipinski definition) is 1. The van der Waals surface area contributed by atoms with Gasteiger partial charge in [0.25, 0.3) is 0 Å². The molecule has 1 rings (SSSR count). The van der Waals surface area contributed by atoms with E-state index < -0.39 is 5.97 Å². The van der Waals surface area contributed by atoms with E-state index in [1.807, 2.05) is 38.1 Å². The van der Waals surface area contributed by atoms with Crippen LogP contribution in [0.5, 0.6) is 0 Å². The summed E-state index contributed by atoms with van der Waals surface area (Å²) in [6.45, 7) is 7.40. The Kier molecular flexibility index (Phi) is 3.07. The van der Waals surface area contributed by atoms with Crippen molar-refractivity contribution >= 4 is 5.97 Å². The fraction of sp³-hybridized carbons (Fsp3) is 0.250. The van der Waals surface area contributed by atoms with Crippen LogP contribution in [0.4, 0.5) is 0 Å². The van der Waals surface area contributed by atoms with Crippen molar-refractivity contribution in [3.8, 4) is 0 Å². The van der Waals surface area contributed by atoms with E-state index >= 15 is 0 Å². The minimum atomic E-state index is -0.932. The van der Waals surface area contributed by atoms with Gasteiger partial charge in [0.2, 0.25) is 0 Å². The highest BCUT2D eigenvalue weighted by molar-refractivity contribution is 5.87. The highest BCUT2D eigenvalue weighted by Gasteiger charge is 2.14. The lowest BCUT2D eigenvalue weighted by atomic mass is 9.93. The van der Waals surface area contributed by atoms with Crippen LogP contribution in [0.3, 0.4) is 0 Å². The summed E-state index contributed by atoms with van der Waals surface area (Å²) in [6, 6.07) is 7.82. The lowest BCUT2D eigenvalue weighted by Crippen LogP contribution is -2.07. The Hall–Kier alpha value is -1.57. The van der Waals surface area contributed by atoms with Crippen LogP contribution in [0.1, 0.15) is 24.0 Å². The standard InChI is InChI=1S/C12H14O2/c1-8-4-6-11(7-5-8)9(2)10(3)12(13)14/h4-7,9H,3H2,1-2H3,(H,13,14). The predicted octanol–water partition coefficient (Wildman–Crippen LogP) is 2.74. The number of carbonyl (C=O) groups is 1. The summed E-state index contributed by atoms with van der Waals surface area (Å²) in [7, 11) is 0. The highest BCUT2D eigenvalue weighted by Crippen LogP contribution is 2.22. The average molecular weight is 190 g/mol. The van der Waals surface area contributed by atoms with Crippen molar-refractivity contribution in [3.63, 3.8) is 0 Å². The predicted molar refractivity (Wildman–Crippen MR) is 56.4 cm³/mol. The van der Waals surface area contributed by atoms with Gasteiger partial charge >= 0.3 is 5.97 Å². The molecule has 74 valence electrons. The summed E-state index contributed by atoms with van der Waals surface area (Å²) in [6.07, 6.45) is 0. The second-order valence-electron chi connectivity index (χ2n) is 3.46. The summed E-state index contributed by atoms with van der Waals surface area (Å²) in [5.41, 5.74) is 2.39. The summed E-state index contributed by atoms with van der Waals surface area (Å²) in [5.74, 6) is -1.06. The molecule has 0 aromatic heterocycles. The first-order valence-corrected chi connectivity index (χ1v) is 4.51. The fourth-order valence-electron chi connectivity index (χ4n) is 1.24. The minimum Gasteiger partial charge on any atom is -0.478 e. The molecule has 0 aliphatic rings. The number of benzene rings is 1. The van der Waals surface area contributed by atoms with Gasteiger partial charge in [-0.15, -0.1) is 0 Å². The van der Waals surface area contributed by atoms with Crippen LogP contribution in [0.2, 0.25) is 0 Å². The summed E-state index contributed by atoms with van der Waals surface area (Å²) in [5, 5.41) is 8.77. The van der Waals surface area contributed by atoms with Crippen molar-refractivity contribution in [1.82, 2.24) is 0 Å². The first kappa shape index (κ1) is 10.5. The van der Waals surface area contributed by atoms with Gasteiger partial charge in [-0.3, -0.25) is 0 Å². The molecule has 2 nitrogen and oxygen atoms in total. The van der Waals surface area contributed by atoms with Gasteiger partial charge in [-0.05, 0) is 12.5 Å². The van der Waals surface area contributed by atoms with Crippen molar-refractivity contribution in [3.05, 3.63) is 47.5 Å². The number of aryl methyl sites for hydroxylation is 1. The van der Waals surface area contributed by atoms with Crippen molar-refractivity contribution in [2.75, 3.05) is 0 Å². The first-order chi connectivity index (χ1) is 6.52. The summed E-state index contributed by atoms with van der Waals surface area (Å²) >= 11 is 0. The van der Waals surface area contributed by atoms with Crippen LogP contribution in [0.25, 0.3) is 0 Å². The monoisotopic (exact) mass is 190 g/mol.